The summed E-state index contributed by atoms with van der Waals surface area (Å²) in [5.41, 5.74) is 1.87. The van der Waals surface area contributed by atoms with Gasteiger partial charge in [-0.1, -0.05) is 35.9 Å². The highest BCUT2D eigenvalue weighted by atomic mass is 35.5. The highest BCUT2D eigenvalue weighted by Crippen LogP contribution is 2.21. The molecule has 1 aromatic heterocycles. The second kappa shape index (κ2) is 9.01. The van der Waals surface area contributed by atoms with Gasteiger partial charge in [0, 0.05) is 18.3 Å². The molecular formula is C21H18ClN3O3. The number of amides is 2. The van der Waals surface area contributed by atoms with Gasteiger partial charge in [0.25, 0.3) is 11.8 Å². The van der Waals surface area contributed by atoms with Gasteiger partial charge in [-0.3, -0.25) is 14.6 Å². The van der Waals surface area contributed by atoms with E-state index in [1.54, 1.807) is 37.4 Å². The number of hydrogen-bond donors (Lipinski definition) is 2. The number of carbonyl (C=O) groups is 2. The molecule has 0 saturated heterocycles. The third-order valence-corrected chi connectivity index (χ3v) is 4.32. The van der Waals surface area contributed by atoms with Crippen LogP contribution >= 0.6 is 11.6 Å². The number of aromatic nitrogens is 1. The molecule has 0 bridgehead atoms. The van der Waals surface area contributed by atoms with Crippen molar-refractivity contribution in [2.75, 3.05) is 12.4 Å². The van der Waals surface area contributed by atoms with Crippen LogP contribution in [0.2, 0.25) is 5.02 Å². The molecule has 0 aliphatic heterocycles. The van der Waals surface area contributed by atoms with E-state index in [9.17, 15) is 9.59 Å². The molecule has 2 amide bonds. The first kappa shape index (κ1) is 19.4. The average molecular weight is 396 g/mol. The van der Waals surface area contributed by atoms with Crippen LogP contribution in [0.3, 0.4) is 0 Å². The Labute approximate surface area is 167 Å². The number of rotatable bonds is 6. The van der Waals surface area contributed by atoms with Crippen LogP contribution in [-0.4, -0.2) is 23.9 Å². The third-order valence-electron chi connectivity index (χ3n) is 3.99. The molecule has 3 aromatic rings. The van der Waals surface area contributed by atoms with Crippen LogP contribution in [0.1, 0.15) is 26.4 Å². The predicted molar refractivity (Wildman–Crippen MR) is 108 cm³/mol. The van der Waals surface area contributed by atoms with Crippen LogP contribution in [0.5, 0.6) is 5.75 Å². The van der Waals surface area contributed by atoms with Gasteiger partial charge in [0.2, 0.25) is 0 Å². The first-order valence-electron chi connectivity index (χ1n) is 8.50. The van der Waals surface area contributed by atoms with Crippen molar-refractivity contribution in [3.63, 3.8) is 0 Å². The zero-order valence-corrected chi connectivity index (χ0v) is 15.9. The Morgan fingerprint density at radius 2 is 1.79 bits per heavy atom. The van der Waals surface area contributed by atoms with Gasteiger partial charge in [0.05, 0.1) is 17.8 Å². The molecule has 0 aliphatic carbocycles. The van der Waals surface area contributed by atoms with Crippen LogP contribution in [0.15, 0.2) is 66.9 Å². The van der Waals surface area contributed by atoms with E-state index < -0.39 is 5.91 Å². The number of ether oxygens (including phenoxy) is 1. The topological polar surface area (TPSA) is 80.3 Å². The fourth-order valence-electron chi connectivity index (χ4n) is 2.47. The lowest BCUT2D eigenvalue weighted by atomic mass is 10.2. The minimum absolute atomic E-state index is 0.122. The van der Waals surface area contributed by atoms with Gasteiger partial charge in [0.1, 0.15) is 11.4 Å². The molecule has 6 nitrogen and oxygen atoms in total. The van der Waals surface area contributed by atoms with Crippen LogP contribution in [-0.2, 0) is 6.54 Å². The zero-order valence-electron chi connectivity index (χ0n) is 15.1. The number of halogens is 1. The summed E-state index contributed by atoms with van der Waals surface area (Å²) in [6.07, 6.45) is 1.42. The van der Waals surface area contributed by atoms with Crippen LogP contribution in [0.25, 0.3) is 0 Å². The standard InChI is InChI=1S/C21H18ClN3O3/c1-28-16-8-6-14(7-9-16)13-24-20(26)15-10-11-23-19(12-15)21(27)25-18-5-3-2-4-17(18)22/h2-12H,13H2,1H3,(H,24,26)(H,25,27). The fourth-order valence-corrected chi connectivity index (χ4v) is 2.66. The molecule has 3 rings (SSSR count). The van der Waals surface area contributed by atoms with E-state index in [2.05, 4.69) is 15.6 Å². The molecule has 28 heavy (non-hydrogen) atoms. The molecule has 2 N–H and O–H groups in total. The van der Waals surface area contributed by atoms with Crippen molar-refractivity contribution < 1.29 is 14.3 Å². The predicted octanol–water partition coefficient (Wildman–Crippen LogP) is 3.93. The zero-order chi connectivity index (χ0) is 19.9. The quantitative estimate of drug-likeness (QED) is 0.662. The summed E-state index contributed by atoms with van der Waals surface area (Å²) in [5.74, 6) is 0.00120. The monoisotopic (exact) mass is 395 g/mol. The second-order valence-electron chi connectivity index (χ2n) is 5.89. The lowest BCUT2D eigenvalue weighted by Gasteiger charge is -2.09. The summed E-state index contributed by atoms with van der Waals surface area (Å²) < 4.78 is 5.11. The molecule has 0 saturated carbocycles. The van der Waals surface area contributed by atoms with E-state index in [-0.39, 0.29) is 11.6 Å². The summed E-state index contributed by atoms with van der Waals surface area (Å²) in [7, 11) is 1.60. The lowest BCUT2D eigenvalue weighted by Crippen LogP contribution is -2.23. The van der Waals surface area contributed by atoms with Gasteiger partial charge in [-0.15, -0.1) is 0 Å². The Kier molecular flexibility index (Phi) is 6.24. The van der Waals surface area contributed by atoms with E-state index in [1.165, 1.54) is 12.3 Å². The first-order chi connectivity index (χ1) is 13.6. The minimum Gasteiger partial charge on any atom is -0.497 e. The Bertz CT molecular complexity index is 990. The summed E-state index contributed by atoms with van der Waals surface area (Å²) >= 11 is 6.05. The first-order valence-corrected chi connectivity index (χ1v) is 8.87. The van der Waals surface area contributed by atoms with Gasteiger partial charge in [-0.25, -0.2) is 0 Å². The minimum atomic E-state index is -0.446. The average Bonchev–Trinajstić information content (AvgIpc) is 2.74. The SMILES string of the molecule is COc1ccc(CNC(=O)c2ccnc(C(=O)Nc3ccccc3Cl)c2)cc1. The van der Waals surface area contributed by atoms with Crippen molar-refractivity contribution >= 4 is 29.1 Å². The summed E-state index contributed by atoms with van der Waals surface area (Å²) in [6.45, 7) is 0.353. The van der Waals surface area contributed by atoms with E-state index in [4.69, 9.17) is 16.3 Å². The smallest absolute Gasteiger partial charge is 0.274 e. The molecule has 0 unspecified atom stereocenters. The van der Waals surface area contributed by atoms with E-state index >= 15 is 0 Å². The largest absolute Gasteiger partial charge is 0.497 e. The van der Waals surface area contributed by atoms with Gasteiger partial charge >= 0.3 is 0 Å². The maximum Gasteiger partial charge on any atom is 0.274 e. The van der Waals surface area contributed by atoms with Crippen molar-refractivity contribution in [2.45, 2.75) is 6.54 Å². The van der Waals surface area contributed by atoms with Crippen LogP contribution in [0, 0.1) is 0 Å². The van der Waals surface area contributed by atoms with Gasteiger partial charge in [-0.2, -0.15) is 0 Å². The molecular weight excluding hydrogens is 378 g/mol. The highest BCUT2D eigenvalue weighted by Gasteiger charge is 2.13. The summed E-state index contributed by atoms with van der Waals surface area (Å²) in [5, 5.41) is 5.92. The van der Waals surface area contributed by atoms with Crippen molar-refractivity contribution in [3.05, 3.63) is 88.7 Å². The number of nitrogens with one attached hydrogen (secondary N) is 2. The fraction of sp³-hybridized carbons (Fsp3) is 0.0952. The number of hydrogen-bond acceptors (Lipinski definition) is 4. The number of methoxy groups -OCH3 is 1. The molecule has 0 fully saturated rings. The number of benzene rings is 2. The molecule has 7 heteroatoms. The van der Waals surface area contributed by atoms with E-state index in [0.717, 1.165) is 11.3 Å². The number of pyridine rings is 1. The maximum atomic E-state index is 12.4. The molecule has 1 heterocycles. The summed E-state index contributed by atoms with van der Waals surface area (Å²) in [6, 6.07) is 17.3. The normalized spacial score (nSPS) is 10.2. The van der Waals surface area contributed by atoms with E-state index in [0.29, 0.717) is 22.8 Å². The molecule has 2 aromatic carbocycles. The van der Waals surface area contributed by atoms with Crippen molar-refractivity contribution in [3.8, 4) is 5.75 Å². The molecule has 0 aliphatic rings. The van der Waals surface area contributed by atoms with Crippen LogP contribution in [0.4, 0.5) is 5.69 Å². The Hall–Kier alpha value is -3.38. The number of anilines is 1. The second-order valence-corrected chi connectivity index (χ2v) is 6.30. The number of carbonyl (C=O) groups excluding carboxylic acids is 2. The maximum absolute atomic E-state index is 12.4. The van der Waals surface area contributed by atoms with Gasteiger partial charge < -0.3 is 15.4 Å². The summed E-state index contributed by atoms with van der Waals surface area (Å²) in [4.78, 5) is 28.9. The molecule has 142 valence electrons. The Morgan fingerprint density at radius 1 is 1.04 bits per heavy atom. The van der Waals surface area contributed by atoms with Crippen molar-refractivity contribution in [2.24, 2.45) is 0 Å². The Balaban J connectivity index is 1.65. The Morgan fingerprint density at radius 3 is 2.50 bits per heavy atom. The third kappa shape index (κ3) is 4.86. The molecule has 0 atom stereocenters. The highest BCUT2D eigenvalue weighted by molar-refractivity contribution is 6.33. The van der Waals surface area contributed by atoms with Gasteiger partial charge in [-0.05, 0) is 42.0 Å². The molecule has 0 radical (unpaired) electrons. The number of para-hydroxylation sites is 1. The number of nitrogens with zero attached hydrogens (tertiary/aromatic N) is 1. The van der Waals surface area contributed by atoms with Gasteiger partial charge in [0.15, 0.2) is 0 Å². The molecule has 0 spiro atoms. The van der Waals surface area contributed by atoms with Crippen molar-refractivity contribution in [1.82, 2.24) is 10.3 Å². The van der Waals surface area contributed by atoms with E-state index in [1.807, 2.05) is 24.3 Å². The van der Waals surface area contributed by atoms with Crippen molar-refractivity contribution in [1.29, 1.82) is 0 Å². The van der Waals surface area contributed by atoms with Crippen LogP contribution < -0.4 is 15.4 Å². The lowest BCUT2D eigenvalue weighted by molar-refractivity contribution is 0.0951.